The highest BCUT2D eigenvalue weighted by molar-refractivity contribution is 6.80. The van der Waals surface area contributed by atoms with E-state index in [1.807, 2.05) is 152 Å². The zero-order valence-electron chi connectivity index (χ0n) is 62.0. The SMILES string of the molecule is CCOC(=O)C(=O)CNC(=O)Cc1ccccc1.CCOC(=O)C(=O)Cl.CCOC(=O)c1nnc(Cc2ccccc2)o1.NNC(=O)Cc1ccccc1.N[C@H]1C(=O)Cc2c(F)cc(F)cc2[C@H]2CC21.O=C(N[C@H]1C(=O)Cc2c(F)cc(F)cc2[C@H]2C[C@H]21)c1nnc(Cc2ccccc2)o1.O=C(O)c1nnc(Cc2ccccc2)o1. The van der Waals surface area contributed by atoms with Crippen LogP contribution in [0.25, 0.3) is 0 Å². The molecule has 4 aliphatic rings. The van der Waals surface area contributed by atoms with Gasteiger partial charge in [0.2, 0.25) is 29.5 Å². The van der Waals surface area contributed by atoms with E-state index in [1.54, 1.807) is 20.8 Å². The van der Waals surface area contributed by atoms with Gasteiger partial charge in [0.1, 0.15) is 23.3 Å². The number of ether oxygens (including phenoxy) is 3. The van der Waals surface area contributed by atoms with Crippen molar-refractivity contribution in [1.29, 1.82) is 0 Å². The first-order chi connectivity index (χ1) is 55.2. The van der Waals surface area contributed by atoms with Gasteiger partial charge in [0, 0.05) is 25.0 Å². The van der Waals surface area contributed by atoms with Gasteiger partial charge in [0.15, 0.2) is 11.6 Å². The Bertz CT molecular complexity index is 5010. The molecule has 10 aromatic rings. The number of benzene rings is 7. The average molecular weight is 1610 g/mol. The largest absolute Gasteiger partial charge is 0.474 e. The van der Waals surface area contributed by atoms with Crippen LogP contribution in [-0.2, 0) is 97.5 Å². The fourth-order valence-corrected chi connectivity index (χ4v) is 11.8. The van der Waals surface area contributed by atoms with Gasteiger partial charge in [-0.05, 0) is 131 Å². The van der Waals surface area contributed by atoms with Crippen LogP contribution in [0.4, 0.5) is 17.6 Å². The third-order valence-corrected chi connectivity index (χ3v) is 17.4. The van der Waals surface area contributed by atoms with Crippen molar-refractivity contribution >= 4 is 75.8 Å². The van der Waals surface area contributed by atoms with Crippen LogP contribution in [-0.4, -0.2) is 138 Å². The van der Waals surface area contributed by atoms with Crippen molar-refractivity contribution in [3.05, 3.63) is 285 Å². The lowest BCUT2D eigenvalue weighted by Gasteiger charge is -2.14. The number of amides is 3. The molecule has 3 heterocycles. The van der Waals surface area contributed by atoms with E-state index in [0.717, 1.165) is 46.4 Å². The molecule has 0 spiro atoms. The molecule has 6 atom stereocenters. The van der Waals surface area contributed by atoms with E-state index in [9.17, 15) is 70.3 Å². The summed E-state index contributed by atoms with van der Waals surface area (Å²) in [6.45, 7) is 5.20. The van der Waals surface area contributed by atoms with Crippen molar-refractivity contribution in [3.8, 4) is 0 Å². The number of esters is 3. The normalized spacial score (nSPS) is 15.9. The summed E-state index contributed by atoms with van der Waals surface area (Å²) in [6, 6.07) is 50.2. The van der Waals surface area contributed by atoms with Crippen LogP contribution in [0.5, 0.6) is 0 Å². The first kappa shape index (κ1) is 87.4. The van der Waals surface area contributed by atoms with Crippen LogP contribution >= 0.6 is 11.6 Å². The highest BCUT2D eigenvalue weighted by Gasteiger charge is 2.52. The number of hydrogen-bond acceptors (Lipinski definition) is 25. The fraction of sp³-hybridized carbons (Fsp3) is 0.272. The molecule has 4 aliphatic carbocycles. The van der Waals surface area contributed by atoms with Gasteiger partial charge in [-0.2, -0.15) is 0 Å². The summed E-state index contributed by atoms with van der Waals surface area (Å²) in [5.41, 5.74) is 14.4. The standard InChI is InChI=1S/C22H17F2N3O3.C13H15NO4.C12H11F2NO.C12H12N2O3.C10H8N2O3.C8H10N2O.C4H5ClO3/c23-12-7-13-14-9-16(14)20(18(28)10-15(13)17(24)8-12)25-21(29)22-27-26-19(30-22)6-11-4-2-1-3-5-11;1-2-18-13(17)11(15)9-14-12(16)8-10-6-4-3-5-7-10;13-5-1-6-7-3-9(7)12(15)11(16)4-8(6)10(14)2-5;1-2-16-12(15)11-14-13-10(17-11)8-9-6-4-3-5-7-9;13-10(14)9-12-11-8(15-9)6-7-4-2-1-3-5-7;9-10-8(11)6-7-4-2-1-3-5-7;1-2-8-4(7)3(5)6/h1-5,7-8,14,16,20H,6,9-10H2,(H,25,29);3-7H,2,8-9H2,1H3,(H,14,16);1-2,7,9,12H,3-4,15H2;3-7H,2,8H2,1H3;1-5H,6H2,(H,13,14);1-5H,6,9H2,(H,10,11);2H2,1H3/t14-,16-,20-;;7-,9?,12-;;;;/m1.1..../s1. The van der Waals surface area contributed by atoms with Gasteiger partial charge in [-0.25, -0.2) is 42.6 Å². The minimum atomic E-state index is -1.21. The number of carboxylic acids is 1. The molecular formula is C81H78ClF4N11O18. The molecule has 7 aromatic carbocycles. The van der Waals surface area contributed by atoms with Gasteiger partial charge in [0.05, 0.1) is 70.6 Å². The second kappa shape index (κ2) is 43.6. The van der Waals surface area contributed by atoms with E-state index in [0.29, 0.717) is 60.6 Å². The van der Waals surface area contributed by atoms with Gasteiger partial charge >= 0.3 is 52.7 Å². The zero-order valence-corrected chi connectivity index (χ0v) is 62.8. The number of hydrazine groups is 1. The minimum Gasteiger partial charge on any atom is -0.474 e. The number of aromatic carboxylic acids is 1. The molecule has 3 amide bonds. The van der Waals surface area contributed by atoms with Crippen molar-refractivity contribution in [2.75, 3.05) is 26.4 Å². The number of hydrogen-bond donors (Lipinski definition) is 6. The summed E-state index contributed by atoms with van der Waals surface area (Å²) in [6.07, 6.45) is 3.01. The Balaban J connectivity index is 0.000000174. The molecule has 600 valence electrons. The number of nitrogens with two attached hydrogens (primary N) is 2. The van der Waals surface area contributed by atoms with Gasteiger partial charge in [-0.3, -0.25) is 39.0 Å². The predicted octanol–water partition coefficient (Wildman–Crippen LogP) is 8.69. The highest BCUT2D eigenvalue weighted by Crippen LogP contribution is 2.54. The lowest BCUT2D eigenvalue weighted by molar-refractivity contribution is -0.153. The van der Waals surface area contributed by atoms with Crippen molar-refractivity contribution in [1.82, 2.24) is 46.7 Å². The maximum atomic E-state index is 14.2. The van der Waals surface area contributed by atoms with Gasteiger partial charge in [-0.1, -0.05) is 152 Å². The molecule has 8 N–H and O–H groups in total. The van der Waals surface area contributed by atoms with Crippen molar-refractivity contribution in [3.63, 3.8) is 0 Å². The monoisotopic (exact) mass is 1600 g/mol. The Labute approximate surface area is 659 Å². The maximum absolute atomic E-state index is 14.2. The lowest BCUT2D eigenvalue weighted by atomic mass is 9.99. The van der Waals surface area contributed by atoms with Gasteiger partial charge in [-0.15, -0.1) is 30.6 Å². The van der Waals surface area contributed by atoms with Crippen molar-refractivity contribution in [2.24, 2.45) is 23.4 Å². The van der Waals surface area contributed by atoms with Crippen LogP contribution in [0.3, 0.4) is 0 Å². The van der Waals surface area contributed by atoms with Crippen LogP contribution < -0.4 is 27.6 Å². The molecule has 0 saturated heterocycles. The number of nitrogens with one attached hydrogen (secondary N) is 3. The summed E-state index contributed by atoms with van der Waals surface area (Å²) in [5.74, 6) is -3.62. The number of Topliss-reactive ketones (excluding diaryl/α,β-unsaturated/α-hetero) is 3. The molecule has 115 heavy (non-hydrogen) atoms. The van der Waals surface area contributed by atoms with E-state index < -0.39 is 76.2 Å². The molecule has 1 unspecified atom stereocenters. The summed E-state index contributed by atoms with van der Waals surface area (Å²) in [7, 11) is 0. The summed E-state index contributed by atoms with van der Waals surface area (Å²) in [4.78, 5) is 123. The lowest BCUT2D eigenvalue weighted by Crippen LogP contribution is -2.43. The predicted molar refractivity (Wildman–Crippen MR) is 399 cm³/mol. The highest BCUT2D eigenvalue weighted by atomic mass is 35.5. The molecular weight excluding hydrogens is 1530 g/mol. The number of aromatic nitrogens is 6. The number of rotatable bonds is 21. The molecule has 0 aliphatic heterocycles. The summed E-state index contributed by atoms with van der Waals surface area (Å²) < 4.78 is 83.6. The number of halogens is 5. The van der Waals surface area contributed by atoms with E-state index in [2.05, 4.69) is 56.1 Å². The van der Waals surface area contributed by atoms with E-state index >= 15 is 0 Å². The van der Waals surface area contributed by atoms with E-state index in [1.165, 1.54) is 12.1 Å². The third-order valence-electron chi connectivity index (χ3n) is 17.2. The topological polar surface area (TPSA) is 441 Å². The number of carbonyl (C=O) groups excluding carboxylic acids is 10. The van der Waals surface area contributed by atoms with Crippen LogP contribution in [0.2, 0.25) is 0 Å². The maximum Gasteiger partial charge on any atom is 0.396 e. The third kappa shape index (κ3) is 27.3. The molecule has 0 radical (unpaired) electrons. The zero-order chi connectivity index (χ0) is 83.1. The summed E-state index contributed by atoms with van der Waals surface area (Å²) in [5, 5.41) is 34.7. The Hall–Kier alpha value is -13.1. The summed E-state index contributed by atoms with van der Waals surface area (Å²) >= 11 is 4.69. The molecule has 2 saturated carbocycles. The molecule has 34 heteroatoms. The number of ketones is 3. The average Bonchev–Trinajstić information content (AvgIpc) is 1.60. The quantitative estimate of drug-likeness (QED) is 0.00572. The molecule has 14 rings (SSSR count). The Morgan fingerprint density at radius 1 is 0.504 bits per heavy atom. The molecule has 29 nitrogen and oxygen atoms in total. The second-order valence-corrected chi connectivity index (χ2v) is 25.9. The first-order valence-corrected chi connectivity index (χ1v) is 36.1. The van der Waals surface area contributed by atoms with Crippen LogP contribution in [0.1, 0.15) is 145 Å². The van der Waals surface area contributed by atoms with Gasteiger partial charge < -0.3 is 48.9 Å². The minimum absolute atomic E-state index is 0.00435. The molecule has 0 bridgehead atoms. The molecule has 3 aromatic heterocycles. The van der Waals surface area contributed by atoms with E-state index in [-0.39, 0.29) is 122 Å². The second-order valence-electron chi connectivity index (χ2n) is 25.5. The van der Waals surface area contributed by atoms with E-state index in [4.69, 9.17) is 46.3 Å². The van der Waals surface area contributed by atoms with Crippen molar-refractivity contribution in [2.45, 2.75) is 102 Å². The van der Waals surface area contributed by atoms with Crippen LogP contribution in [0.15, 0.2) is 189 Å². The van der Waals surface area contributed by atoms with Gasteiger partial charge in [0.25, 0.3) is 5.78 Å². The molecule has 2 fully saturated rings. The smallest absolute Gasteiger partial charge is 0.396 e. The Morgan fingerprint density at radius 2 is 0.896 bits per heavy atom. The first-order valence-electron chi connectivity index (χ1n) is 35.7. The fourth-order valence-electron chi connectivity index (χ4n) is 11.7. The number of carboxylic acid groups (broad SMARTS) is 1. The number of nitrogens with zero attached hydrogens (tertiary/aromatic N) is 6. The number of fused-ring (bicyclic) bond motifs is 6. The van der Waals surface area contributed by atoms with Crippen LogP contribution in [0, 0.1) is 35.1 Å². The van der Waals surface area contributed by atoms with Crippen molar-refractivity contribution < 1.29 is 103 Å². The Morgan fingerprint density at radius 3 is 1.32 bits per heavy atom. The Kier molecular flexibility index (Phi) is 33.2. The number of carbonyl (C=O) groups is 11.